The number of allylic oxidation sites excluding steroid dienone is 10. The van der Waals surface area contributed by atoms with Crippen LogP contribution in [-0.2, 0) is 28.6 Å². The van der Waals surface area contributed by atoms with Gasteiger partial charge in [-0.3, -0.25) is 14.4 Å². The van der Waals surface area contributed by atoms with Crippen LogP contribution in [0.3, 0.4) is 0 Å². The zero-order valence-corrected chi connectivity index (χ0v) is 54.3. The Morgan fingerprint density at radius 2 is 0.481 bits per heavy atom. The summed E-state index contributed by atoms with van der Waals surface area (Å²) in [5.74, 6) is -0.839. The maximum Gasteiger partial charge on any atom is 0.306 e. The number of hydrogen-bond acceptors (Lipinski definition) is 6. The van der Waals surface area contributed by atoms with Crippen molar-refractivity contribution in [3.8, 4) is 0 Å². The molecule has 0 radical (unpaired) electrons. The third-order valence-electron chi connectivity index (χ3n) is 16.0. The van der Waals surface area contributed by atoms with E-state index in [1.165, 1.54) is 250 Å². The second-order valence-electron chi connectivity index (χ2n) is 24.1. The molecule has 81 heavy (non-hydrogen) atoms. The van der Waals surface area contributed by atoms with E-state index in [1.54, 1.807) is 0 Å². The molecule has 0 saturated carbocycles. The number of ether oxygens (including phenoxy) is 3. The van der Waals surface area contributed by atoms with Crippen molar-refractivity contribution in [3.05, 3.63) is 60.8 Å². The van der Waals surface area contributed by atoms with Crippen LogP contribution in [0.2, 0.25) is 0 Å². The van der Waals surface area contributed by atoms with Gasteiger partial charge in [0.05, 0.1) is 0 Å². The summed E-state index contributed by atoms with van der Waals surface area (Å²) in [5.41, 5.74) is 0. The lowest BCUT2D eigenvalue weighted by Crippen LogP contribution is -2.30. The zero-order valence-electron chi connectivity index (χ0n) is 54.3. The number of hydrogen-bond donors (Lipinski definition) is 0. The first-order valence-electron chi connectivity index (χ1n) is 35.8. The van der Waals surface area contributed by atoms with E-state index in [-0.39, 0.29) is 31.1 Å². The van der Waals surface area contributed by atoms with Crippen LogP contribution in [0, 0.1) is 0 Å². The molecule has 0 aromatic rings. The number of unbranched alkanes of at least 4 members (excludes halogenated alkanes) is 45. The summed E-state index contributed by atoms with van der Waals surface area (Å²) in [4.78, 5) is 38.4. The van der Waals surface area contributed by atoms with Crippen LogP contribution in [0.5, 0.6) is 0 Å². The summed E-state index contributed by atoms with van der Waals surface area (Å²) < 4.78 is 17.0. The zero-order chi connectivity index (χ0) is 58.5. The van der Waals surface area contributed by atoms with Gasteiger partial charge in [-0.25, -0.2) is 0 Å². The van der Waals surface area contributed by atoms with Gasteiger partial charge in [0.2, 0.25) is 0 Å². The summed E-state index contributed by atoms with van der Waals surface area (Å²) in [7, 11) is 0. The lowest BCUT2D eigenvalue weighted by atomic mass is 10.0. The molecule has 0 saturated heterocycles. The number of esters is 3. The molecular formula is C75H136O6. The number of rotatable bonds is 66. The van der Waals surface area contributed by atoms with Gasteiger partial charge in [0.25, 0.3) is 0 Å². The first-order valence-corrected chi connectivity index (χ1v) is 35.8. The summed E-state index contributed by atoms with van der Waals surface area (Å²) in [6, 6.07) is 0. The van der Waals surface area contributed by atoms with Crippen LogP contribution in [-0.4, -0.2) is 37.2 Å². The highest BCUT2D eigenvalue weighted by Crippen LogP contribution is 2.19. The van der Waals surface area contributed by atoms with Crippen LogP contribution < -0.4 is 0 Å². The average Bonchev–Trinajstić information content (AvgIpc) is 3.47. The molecule has 0 aromatic carbocycles. The predicted molar refractivity (Wildman–Crippen MR) is 353 cm³/mol. The van der Waals surface area contributed by atoms with Gasteiger partial charge < -0.3 is 14.2 Å². The highest BCUT2D eigenvalue weighted by atomic mass is 16.6. The number of carbonyl (C=O) groups is 3. The van der Waals surface area contributed by atoms with Crippen molar-refractivity contribution >= 4 is 17.9 Å². The lowest BCUT2D eigenvalue weighted by molar-refractivity contribution is -0.167. The van der Waals surface area contributed by atoms with E-state index in [0.29, 0.717) is 19.3 Å². The Bertz CT molecular complexity index is 1440. The Morgan fingerprint density at radius 3 is 0.753 bits per heavy atom. The molecule has 0 aliphatic rings. The minimum atomic E-state index is -0.769. The van der Waals surface area contributed by atoms with E-state index < -0.39 is 6.10 Å². The predicted octanol–water partition coefficient (Wildman–Crippen LogP) is 24.7. The lowest BCUT2D eigenvalue weighted by Gasteiger charge is -2.18. The van der Waals surface area contributed by atoms with Gasteiger partial charge in [-0.15, -0.1) is 0 Å². The van der Waals surface area contributed by atoms with Crippen molar-refractivity contribution in [1.29, 1.82) is 0 Å². The Balaban J connectivity index is 4.11. The summed E-state index contributed by atoms with van der Waals surface area (Å²) >= 11 is 0. The standard InChI is InChI=1S/C75H136O6/c1-4-7-10-13-16-19-22-24-26-28-30-31-32-33-34-35-36-37-38-39-40-41-42-43-45-46-48-50-53-56-59-62-65-68-74(77)80-71-72(70-79-73(76)67-64-61-58-55-52-21-18-15-12-9-6-3)81-75(78)69-66-63-60-57-54-51-49-47-44-29-27-25-23-20-17-14-11-8-5-2/h7,10,16,19,24,26,30-31,33-34,72H,4-6,8-9,11-15,17-18,20-23,25,27-29,32,35-71H2,1-3H3/b10-7-,19-16-,26-24-,31-30-,34-33-. The molecule has 1 atom stereocenters. The van der Waals surface area contributed by atoms with Gasteiger partial charge in [-0.2, -0.15) is 0 Å². The largest absolute Gasteiger partial charge is 0.462 e. The number of carbonyl (C=O) groups excluding carboxylic acids is 3. The average molecular weight is 1130 g/mol. The fourth-order valence-electron chi connectivity index (χ4n) is 10.7. The molecule has 0 aromatic heterocycles. The van der Waals surface area contributed by atoms with Gasteiger partial charge in [-0.05, 0) is 64.2 Å². The normalized spacial score (nSPS) is 12.4. The second-order valence-corrected chi connectivity index (χ2v) is 24.1. The fourth-order valence-corrected chi connectivity index (χ4v) is 10.7. The van der Waals surface area contributed by atoms with E-state index >= 15 is 0 Å². The Labute approximate surface area is 504 Å². The fraction of sp³-hybridized carbons (Fsp3) is 0.827. The molecule has 0 bridgehead atoms. The van der Waals surface area contributed by atoms with E-state index in [4.69, 9.17) is 14.2 Å². The molecule has 0 aliphatic heterocycles. The molecule has 6 heteroatoms. The first kappa shape index (κ1) is 78.1. The Hall–Kier alpha value is -2.89. The van der Waals surface area contributed by atoms with Gasteiger partial charge >= 0.3 is 17.9 Å². The van der Waals surface area contributed by atoms with Crippen LogP contribution >= 0.6 is 0 Å². The maximum absolute atomic E-state index is 12.9. The van der Waals surface area contributed by atoms with Gasteiger partial charge in [0.1, 0.15) is 13.2 Å². The third kappa shape index (κ3) is 67.8. The topological polar surface area (TPSA) is 78.9 Å². The third-order valence-corrected chi connectivity index (χ3v) is 16.0. The molecule has 472 valence electrons. The molecule has 0 fully saturated rings. The molecule has 0 rings (SSSR count). The quantitative estimate of drug-likeness (QED) is 0.0261. The smallest absolute Gasteiger partial charge is 0.306 e. The van der Waals surface area contributed by atoms with Crippen molar-refractivity contribution in [1.82, 2.24) is 0 Å². The van der Waals surface area contributed by atoms with Crippen LogP contribution in [0.15, 0.2) is 60.8 Å². The molecule has 0 amide bonds. The molecule has 0 aliphatic carbocycles. The highest BCUT2D eigenvalue weighted by Gasteiger charge is 2.19. The van der Waals surface area contributed by atoms with E-state index in [2.05, 4.69) is 81.5 Å². The van der Waals surface area contributed by atoms with E-state index in [1.807, 2.05) is 0 Å². The van der Waals surface area contributed by atoms with Crippen LogP contribution in [0.4, 0.5) is 0 Å². The minimum absolute atomic E-state index is 0.0661. The van der Waals surface area contributed by atoms with Crippen molar-refractivity contribution in [2.45, 2.75) is 386 Å². The molecule has 0 heterocycles. The van der Waals surface area contributed by atoms with Gasteiger partial charge in [-0.1, -0.05) is 358 Å². The van der Waals surface area contributed by atoms with E-state index in [0.717, 1.165) is 89.9 Å². The van der Waals surface area contributed by atoms with Crippen molar-refractivity contribution < 1.29 is 28.6 Å². The minimum Gasteiger partial charge on any atom is -0.462 e. The van der Waals surface area contributed by atoms with E-state index in [9.17, 15) is 14.4 Å². The maximum atomic E-state index is 12.9. The second kappa shape index (κ2) is 69.6. The van der Waals surface area contributed by atoms with Crippen molar-refractivity contribution in [3.63, 3.8) is 0 Å². The SMILES string of the molecule is CC/C=C\C/C=C\C/C=C\C/C=C\C/C=C\CCCCCCCCCCCCCCCCCCCC(=O)OCC(COC(=O)CCCCCCCCCCCCC)OC(=O)CCCCCCCCCCCCCCCCCCCCC. The summed E-state index contributed by atoms with van der Waals surface area (Å²) in [5, 5.41) is 0. The van der Waals surface area contributed by atoms with Crippen LogP contribution in [0.1, 0.15) is 380 Å². The highest BCUT2D eigenvalue weighted by molar-refractivity contribution is 5.71. The van der Waals surface area contributed by atoms with Gasteiger partial charge in [0.15, 0.2) is 6.10 Å². The van der Waals surface area contributed by atoms with Gasteiger partial charge in [0, 0.05) is 19.3 Å². The molecule has 1 unspecified atom stereocenters. The molecule has 6 nitrogen and oxygen atoms in total. The first-order chi connectivity index (χ1) is 40.0. The summed E-state index contributed by atoms with van der Waals surface area (Å²) in [6.07, 6.45) is 89.8. The Kier molecular flexibility index (Phi) is 67.1. The summed E-state index contributed by atoms with van der Waals surface area (Å²) in [6.45, 7) is 6.59. The van der Waals surface area contributed by atoms with Crippen molar-refractivity contribution in [2.24, 2.45) is 0 Å². The molecule has 0 spiro atoms. The molecule has 0 N–H and O–H groups in total. The van der Waals surface area contributed by atoms with Crippen molar-refractivity contribution in [2.75, 3.05) is 13.2 Å². The Morgan fingerprint density at radius 1 is 0.259 bits per heavy atom. The molecular weight excluding hydrogens is 997 g/mol. The van der Waals surface area contributed by atoms with Crippen LogP contribution in [0.25, 0.3) is 0 Å². The monoisotopic (exact) mass is 1130 g/mol.